The second-order valence-corrected chi connectivity index (χ2v) is 6.88. The highest BCUT2D eigenvalue weighted by molar-refractivity contribution is 5.88. The van der Waals surface area contributed by atoms with Gasteiger partial charge in [0.15, 0.2) is 5.78 Å². The summed E-state index contributed by atoms with van der Waals surface area (Å²) in [5.41, 5.74) is -0.607. The lowest BCUT2D eigenvalue weighted by atomic mass is 9.77. The maximum Gasteiger partial charge on any atom is 0.164 e. The van der Waals surface area contributed by atoms with Crippen LogP contribution in [0.3, 0.4) is 0 Å². The summed E-state index contributed by atoms with van der Waals surface area (Å²) in [6.45, 7) is 6.83. The van der Waals surface area contributed by atoms with Crippen molar-refractivity contribution in [2.75, 3.05) is 0 Å². The molecule has 1 N–H and O–H groups in total. The van der Waals surface area contributed by atoms with Crippen molar-refractivity contribution in [1.29, 1.82) is 0 Å². The summed E-state index contributed by atoms with van der Waals surface area (Å²) in [4.78, 5) is 12.1. The first kappa shape index (κ1) is 10.8. The number of fused-ring (bicyclic) bond motifs is 3. The van der Waals surface area contributed by atoms with Crippen LogP contribution in [0, 0.1) is 29.1 Å². The molecule has 2 nitrogen and oxygen atoms in total. The highest BCUT2D eigenvalue weighted by Gasteiger charge is 2.69. The van der Waals surface area contributed by atoms with Gasteiger partial charge in [0, 0.05) is 12.3 Å². The van der Waals surface area contributed by atoms with Crippen molar-refractivity contribution in [3.05, 3.63) is 0 Å². The summed E-state index contributed by atoms with van der Waals surface area (Å²) in [5.74, 6) is 2.14. The normalized spacial score (nSPS) is 54.1. The molecule has 16 heavy (non-hydrogen) atoms. The molecule has 3 saturated carbocycles. The summed E-state index contributed by atoms with van der Waals surface area (Å²) < 4.78 is 0. The van der Waals surface area contributed by atoms with Gasteiger partial charge in [0.05, 0.1) is 0 Å². The van der Waals surface area contributed by atoms with Crippen molar-refractivity contribution < 1.29 is 9.90 Å². The lowest BCUT2D eigenvalue weighted by Gasteiger charge is -2.31. The zero-order chi connectivity index (χ0) is 11.7. The molecule has 0 radical (unpaired) electrons. The van der Waals surface area contributed by atoms with E-state index in [1.54, 1.807) is 0 Å². The standard InChI is InChI=1S/C14H22O2/c1-8-6-7-14(16)10(15)5-4-9-12(11(8)14)13(9,2)3/h8-9,11-12,16H,4-7H2,1-3H3/t8-,9+,11+,12-,14+/m1/s1. The first-order chi connectivity index (χ1) is 7.39. The van der Waals surface area contributed by atoms with Crippen LogP contribution in [0.2, 0.25) is 0 Å². The van der Waals surface area contributed by atoms with E-state index in [1.165, 1.54) is 0 Å². The van der Waals surface area contributed by atoms with Gasteiger partial charge in [-0.05, 0) is 42.4 Å². The van der Waals surface area contributed by atoms with E-state index in [2.05, 4.69) is 20.8 Å². The Morgan fingerprint density at radius 2 is 1.94 bits per heavy atom. The third-order valence-corrected chi connectivity index (χ3v) is 5.84. The van der Waals surface area contributed by atoms with Crippen molar-refractivity contribution >= 4 is 5.78 Å². The van der Waals surface area contributed by atoms with E-state index in [1.807, 2.05) is 0 Å². The number of rotatable bonds is 0. The minimum Gasteiger partial charge on any atom is -0.382 e. The van der Waals surface area contributed by atoms with Crippen LogP contribution in [-0.4, -0.2) is 16.5 Å². The number of carbonyl (C=O) groups is 1. The van der Waals surface area contributed by atoms with E-state index in [-0.39, 0.29) is 11.7 Å². The molecule has 2 heteroatoms. The van der Waals surface area contributed by atoms with Crippen LogP contribution >= 0.6 is 0 Å². The number of Topliss-reactive ketones (excluding diaryl/α,β-unsaturated/α-hetero) is 1. The molecule has 3 fully saturated rings. The van der Waals surface area contributed by atoms with Crippen molar-refractivity contribution in [3.8, 4) is 0 Å². The largest absolute Gasteiger partial charge is 0.382 e. The van der Waals surface area contributed by atoms with Crippen molar-refractivity contribution in [2.45, 2.75) is 52.1 Å². The van der Waals surface area contributed by atoms with Gasteiger partial charge < -0.3 is 5.11 Å². The summed E-state index contributed by atoms with van der Waals surface area (Å²) >= 11 is 0. The molecular weight excluding hydrogens is 200 g/mol. The van der Waals surface area contributed by atoms with Crippen LogP contribution in [-0.2, 0) is 4.79 Å². The molecule has 3 rings (SSSR count). The molecule has 0 unspecified atom stereocenters. The van der Waals surface area contributed by atoms with Crippen molar-refractivity contribution in [1.82, 2.24) is 0 Å². The number of hydrogen-bond donors (Lipinski definition) is 1. The summed E-state index contributed by atoms with van der Waals surface area (Å²) in [7, 11) is 0. The number of carbonyl (C=O) groups excluding carboxylic acids is 1. The van der Waals surface area contributed by atoms with E-state index in [9.17, 15) is 9.90 Å². The Morgan fingerprint density at radius 1 is 1.25 bits per heavy atom. The van der Waals surface area contributed by atoms with Gasteiger partial charge in [-0.3, -0.25) is 4.79 Å². The van der Waals surface area contributed by atoms with Gasteiger partial charge in [0.25, 0.3) is 0 Å². The Labute approximate surface area is 97.4 Å². The van der Waals surface area contributed by atoms with Gasteiger partial charge in [-0.15, -0.1) is 0 Å². The lowest BCUT2D eigenvalue weighted by molar-refractivity contribution is -0.142. The van der Waals surface area contributed by atoms with Crippen LogP contribution in [0.4, 0.5) is 0 Å². The van der Waals surface area contributed by atoms with E-state index in [0.29, 0.717) is 36.0 Å². The Bertz CT molecular complexity index is 347. The highest BCUT2D eigenvalue weighted by Crippen LogP contribution is 2.70. The van der Waals surface area contributed by atoms with Gasteiger partial charge >= 0.3 is 0 Å². The molecule has 90 valence electrons. The topological polar surface area (TPSA) is 37.3 Å². The molecule has 3 aliphatic rings. The maximum atomic E-state index is 12.1. The fourth-order valence-electron chi connectivity index (χ4n) is 4.80. The SMILES string of the molecule is C[C@@H]1CC[C@]2(O)C(=O)CC[C@H]3[C@H]([C@H]12)C3(C)C. The minimum atomic E-state index is -0.966. The molecule has 3 aliphatic carbocycles. The third kappa shape index (κ3) is 1.09. The molecular formula is C14H22O2. The smallest absolute Gasteiger partial charge is 0.164 e. The molecule has 0 amide bonds. The molecule has 0 bridgehead atoms. The first-order valence-electron chi connectivity index (χ1n) is 6.64. The molecule has 0 saturated heterocycles. The molecule has 0 spiro atoms. The van der Waals surface area contributed by atoms with E-state index in [0.717, 1.165) is 12.8 Å². The zero-order valence-corrected chi connectivity index (χ0v) is 10.5. The zero-order valence-electron chi connectivity index (χ0n) is 10.5. The Kier molecular flexibility index (Phi) is 1.95. The summed E-state index contributed by atoms with van der Waals surface area (Å²) in [6.07, 6.45) is 3.33. The molecule has 0 aromatic rings. The fourth-order valence-corrected chi connectivity index (χ4v) is 4.80. The predicted molar refractivity (Wildman–Crippen MR) is 61.8 cm³/mol. The monoisotopic (exact) mass is 222 g/mol. The summed E-state index contributed by atoms with van der Waals surface area (Å²) in [5, 5.41) is 10.7. The van der Waals surface area contributed by atoms with Gasteiger partial charge in [0.2, 0.25) is 0 Å². The van der Waals surface area contributed by atoms with E-state index < -0.39 is 5.60 Å². The quantitative estimate of drug-likeness (QED) is 0.683. The van der Waals surface area contributed by atoms with Crippen LogP contribution < -0.4 is 0 Å². The molecule has 0 aliphatic heterocycles. The Hall–Kier alpha value is -0.370. The van der Waals surface area contributed by atoms with Crippen molar-refractivity contribution in [2.24, 2.45) is 29.1 Å². The van der Waals surface area contributed by atoms with E-state index >= 15 is 0 Å². The van der Waals surface area contributed by atoms with Crippen LogP contribution in [0.25, 0.3) is 0 Å². The maximum absolute atomic E-state index is 12.1. The Morgan fingerprint density at radius 3 is 2.62 bits per heavy atom. The second kappa shape index (κ2) is 2.90. The highest BCUT2D eigenvalue weighted by atomic mass is 16.3. The fraction of sp³-hybridized carbons (Fsp3) is 0.929. The number of ketones is 1. The average molecular weight is 222 g/mol. The van der Waals surface area contributed by atoms with Gasteiger partial charge in [-0.25, -0.2) is 0 Å². The summed E-state index contributed by atoms with van der Waals surface area (Å²) in [6, 6.07) is 0. The van der Waals surface area contributed by atoms with Gasteiger partial charge in [-0.2, -0.15) is 0 Å². The van der Waals surface area contributed by atoms with Crippen LogP contribution in [0.15, 0.2) is 0 Å². The van der Waals surface area contributed by atoms with E-state index in [4.69, 9.17) is 0 Å². The van der Waals surface area contributed by atoms with Crippen LogP contribution in [0.5, 0.6) is 0 Å². The Balaban J connectivity index is 2.01. The first-order valence-corrected chi connectivity index (χ1v) is 6.64. The van der Waals surface area contributed by atoms with Crippen molar-refractivity contribution in [3.63, 3.8) is 0 Å². The lowest BCUT2D eigenvalue weighted by Crippen LogP contribution is -2.44. The van der Waals surface area contributed by atoms with Crippen LogP contribution in [0.1, 0.15) is 46.5 Å². The van der Waals surface area contributed by atoms with Gasteiger partial charge in [0.1, 0.15) is 5.60 Å². The number of aliphatic hydroxyl groups is 1. The molecule has 0 heterocycles. The second-order valence-electron chi connectivity index (χ2n) is 6.88. The number of hydrogen-bond acceptors (Lipinski definition) is 2. The molecule has 0 aromatic carbocycles. The van der Waals surface area contributed by atoms with Gasteiger partial charge in [-0.1, -0.05) is 20.8 Å². The molecule has 0 aromatic heterocycles. The average Bonchev–Trinajstić information content (AvgIpc) is 2.64. The molecule has 5 atom stereocenters. The predicted octanol–water partition coefficient (Wildman–Crippen LogP) is 2.40. The third-order valence-electron chi connectivity index (χ3n) is 5.84. The minimum absolute atomic E-state index is 0.129.